The first-order valence-electron chi connectivity index (χ1n) is 13.5. The molecule has 0 aromatic heterocycles. The zero-order valence-corrected chi connectivity index (χ0v) is 22.4. The van der Waals surface area contributed by atoms with Gasteiger partial charge in [0.05, 0.1) is 12.5 Å². The van der Waals surface area contributed by atoms with Gasteiger partial charge in [0.2, 0.25) is 0 Å². The Morgan fingerprint density at radius 2 is 1.02 bits per heavy atom. The number of ether oxygens (including phenoxy) is 1. The van der Waals surface area contributed by atoms with Crippen LogP contribution in [0.2, 0.25) is 0 Å². The van der Waals surface area contributed by atoms with Gasteiger partial charge in [0.25, 0.3) is 0 Å². The van der Waals surface area contributed by atoms with E-state index in [0.29, 0.717) is 21.5 Å². The van der Waals surface area contributed by atoms with Gasteiger partial charge in [-0.05, 0) is 39.6 Å². The molecule has 40 heavy (non-hydrogen) atoms. The maximum absolute atomic E-state index is 13.1. The molecule has 6 rings (SSSR count). The minimum Gasteiger partial charge on any atom is -0.465 e. The van der Waals surface area contributed by atoms with Crippen molar-refractivity contribution in [1.29, 1.82) is 0 Å². The predicted molar refractivity (Wildman–Crippen MR) is 163 cm³/mol. The molecule has 0 aliphatic rings. The molecule has 4 nitrogen and oxygen atoms in total. The van der Waals surface area contributed by atoms with E-state index in [0.717, 1.165) is 32.7 Å². The van der Waals surface area contributed by atoms with Crippen molar-refractivity contribution in [3.05, 3.63) is 141 Å². The number of carbonyl (C=O) groups is 1. The third-order valence-electron chi connectivity index (χ3n) is 7.83. The van der Waals surface area contributed by atoms with Crippen LogP contribution in [0.1, 0.15) is 36.8 Å². The SMILES string of the molecule is CC(COC(=O)C(C)c1ccc2c(=O)c3ccccc3ccc2c1)c1ccc2c(=O)c3ccccc3ccc2c1. The van der Waals surface area contributed by atoms with Crippen molar-refractivity contribution in [2.75, 3.05) is 6.61 Å². The minimum atomic E-state index is -0.488. The van der Waals surface area contributed by atoms with Gasteiger partial charge in [0.1, 0.15) is 0 Å². The van der Waals surface area contributed by atoms with Crippen LogP contribution in [0.15, 0.2) is 119 Å². The maximum atomic E-state index is 13.1. The summed E-state index contributed by atoms with van der Waals surface area (Å²) in [6.45, 7) is 4.05. The molecule has 0 amide bonds. The van der Waals surface area contributed by atoms with Gasteiger partial charge in [-0.3, -0.25) is 14.4 Å². The minimum absolute atomic E-state index is 0.0104. The van der Waals surface area contributed by atoms with Crippen LogP contribution in [-0.2, 0) is 9.53 Å². The van der Waals surface area contributed by atoms with Gasteiger partial charge in [-0.25, -0.2) is 0 Å². The summed E-state index contributed by atoms with van der Waals surface area (Å²) < 4.78 is 5.75. The van der Waals surface area contributed by atoms with E-state index in [1.807, 2.05) is 117 Å². The summed E-state index contributed by atoms with van der Waals surface area (Å²) in [5.41, 5.74) is 1.78. The summed E-state index contributed by atoms with van der Waals surface area (Å²) in [5.74, 6) is -0.862. The Labute approximate surface area is 231 Å². The van der Waals surface area contributed by atoms with Crippen LogP contribution >= 0.6 is 0 Å². The summed E-state index contributed by atoms with van der Waals surface area (Å²) in [4.78, 5) is 39.2. The zero-order chi connectivity index (χ0) is 27.8. The molecule has 6 aromatic rings. The van der Waals surface area contributed by atoms with Crippen LogP contribution in [0.4, 0.5) is 0 Å². The van der Waals surface area contributed by atoms with E-state index in [1.165, 1.54) is 0 Å². The molecule has 0 saturated heterocycles. The van der Waals surface area contributed by atoms with E-state index in [9.17, 15) is 14.4 Å². The number of carbonyl (C=O) groups excluding carboxylic acids is 1. The largest absolute Gasteiger partial charge is 0.465 e. The summed E-state index contributed by atoms with van der Waals surface area (Å²) in [6.07, 6.45) is 0. The number of benzene rings is 4. The van der Waals surface area contributed by atoms with E-state index in [4.69, 9.17) is 4.74 Å². The van der Waals surface area contributed by atoms with Crippen molar-refractivity contribution in [1.82, 2.24) is 0 Å². The van der Waals surface area contributed by atoms with Crippen LogP contribution in [0, 0.1) is 0 Å². The first-order valence-corrected chi connectivity index (χ1v) is 13.5. The summed E-state index contributed by atoms with van der Waals surface area (Å²) >= 11 is 0. The molecule has 0 saturated carbocycles. The standard InChI is InChI=1S/C36H28O4/c1-22(26-15-17-32-28(19-26)13-11-24-7-3-5-9-30(24)34(32)37)21-40-36(39)23(2)27-16-18-33-29(20-27)14-12-25-8-4-6-10-31(25)35(33)38/h3-20,22-23H,21H2,1-2H3. The van der Waals surface area contributed by atoms with Gasteiger partial charge >= 0.3 is 5.97 Å². The summed E-state index contributed by atoms with van der Waals surface area (Å²) in [5, 5.41) is 6.11. The number of hydrogen-bond acceptors (Lipinski definition) is 4. The predicted octanol–water partition coefficient (Wildman–Crippen LogP) is 7.47. The molecule has 0 fully saturated rings. The lowest BCUT2D eigenvalue weighted by Gasteiger charge is -2.16. The third-order valence-corrected chi connectivity index (χ3v) is 7.83. The van der Waals surface area contributed by atoms with Crippen molar-refractivity contribution >= 4 is 49.1 Å². The normalized spacial score (nSPS) is 12.9. The third kappa shape index (κ3) is 4.62. The van der Waals surface area contributed by atoms with Crippen molar-refractivity contribution in [2.24, 2.45) is 0 Å². The molecule has 0 bridgehead atoms. The first-order chi connectivity index (χ1) is 19.4. The molecule has 2 atom stereocenters. The Morgan fingerprint density at radius 3 is 1.60 bits per heavy atom. The fraction of sp³-hybridized carbons (Fsp3) is 0.139. The highest BCUT2D eigenvalue weighted by Crippen LogP contribution is 2.25. The van der Waals surface area contributed by atoms with Crippen LogP contribution < -0.4 is 10.9 Å². The number of hydrogen-bond donors (Lipinski definition) is 0. The lowest BCUT2D eigenvalue weighted by atomic mass is 9.97. The van der Waals surface area contributed by atoms with Gasteiger partial charge in [0.15, 0.2) is 10.9 Å². The van der Waals surface area contributed by atoms with E-state index in [2.05, 4.69) is 0 Å². The van der Waals surface area contributed by atoms with Crippen LogP contribution in [0.5, 0.6) is 0 Å². The van der Waals surface area contributed by atoms with Crippen molar-refractivity contribution in [3.8, 4) is 0 Å². The second kappa shape index (κ2) is 10.4. The average Bonchev–Trinajstić information content (AvgIpc) is 3.23. The molecular weight excluding hydrogens is 496 g/mol. The maximum Gasteiger partial charge on any atom is 0.313 e. The lowest BCUT2D eigenvalue weighted by Crippen LogP contribution is -2.16. The number of esters is 1. The summed E-state index contributed by atoms with van der Waals surface area (Å²) in [7, 11) is 0. The molecule has 0 aliphatic carbocycles. The molecule has 0 radical (unpaired) electrons. The van der Waals surface area contributed by atoms with Crippen molar-refractivity contribution in [2.45, 2.75) is 25.7 Å². The Balaban J connectivity index is 1.22. The van der Waals surface area contributed by atoms with Gasteiger partial charge in [-0.15, -0.1) is 0 Å². The highest BCUT2D eigenvalue weighted by Gasteiger charge is 2.19. The molecular formula is C36H28O4. The Bertz CT molecular complexity index is 2060. The Hall–Kier alpha value is -4.83. The molecule has 0 aliphatic heterocycles. The molecule has 0 heterocycles. The smallest absolute Gasteiger partial charge is 0.313 e. The molecule has 6 aromatic carbocycles. The van der Waals surface area contributed by atoms with Gasteiger partial charge in [0, 0.05) is 27.5 Å². The molecule has 2 unspecified atom stereocenters. The van der Waals surface area contributed by atoms with Crippen LogP contribution in [-0.4, -0.2) is 12.6 Å². The number of fused-ring (bicyclic) bond motifs is 4. The molecule has 0 spiro atoms. The molecule has 4 heteroatoms. The van der Waals surface area contributed by atoms with Gasteiger partial charge in [-0.2, -0.15) is 0 Å². The fourth-order valence-electron chi connectivity index (χ4n) is 5.34. The quantitative estimate of drug-likeness (QED) is 0.220. The monoisotopic (exact) mass is 524 g/mol. The molecule has 196 valence electrons. The Kier molecular flexibility index (Phi) is 6.61. The second-order valence-corrected chi connectivity index (χ2v) is 10.4. The van der Waals surface area contributed by atoms with E-state index in [1.54, 1.807) is 6.07 Å². The van der Waals surface area contributed by atoms with E-state index < -0.39 is 5.92 Å². The topological polar surface area (TPSA) is 60.4 Å². The zero-order valence-electron chi connectivity index (χ0n) is 22.4. The van der Waals surface area contributed by atoms with E-state index >= 15 is 0 Å². The van der Waals surface area contributed by atoms with Crippen molar-refractivity contribution < 1.29 is 9.53 Å². The van der Waals surface area contributed by atoms with Crippen LogP contribution in [0.3, 0.4) is 0 Å². The van der Waals surface area contributed by atoms with Gasteiger partial charge in [-0.1, -0.05) is 116 Å². The highest BCUT2D eigenvalue weighted by atomic mass is 16.5. The first kappa shape index (κ1) is 25.4. The molecule has 0 N–H and O–H groups in total. The Morgan fingerprint density at radius 1 is 0.575 bits per heavy atom. The van der Waals surface area contributed by atoms with Crippen LogP contribution in [0.25, 0.3) is 43.1 Å². The van der Waals surface area contributed by atoms with E-state index in [-0.39, 0.29) is 29.4 Å². The summed E-state index contributed by atoms with van der Waals surface area (Å²) in [6, 6.07) is 34.3. The second-order valence-electron chi connectivity index (χ2n) is 10.4. The van der Waals surface area contributed by atoms with Gasteiger partial charge < -0.3 is 4.74 Å². The van der Waals surface area contributed by atoms with Crippen molar-refractivity contribution in [3.63, 3.8) is 0 Å². The fourth-order valence-corrected chi connectivity index (χ4v) is 5.34. The highest BCUT2D eigenvalue weighted by molar-refractivity contribution is 5.95. The number of rotatable bonds is 5. The lowest BCUT2D eigenvalue weighted by molar-refractivity contribution is -0.145. The average molecular weight is 525 g/mol.